The summed E-state index contributed by atoms with van der Waals surface area (Å²) in [7, 11) is 1.65. The van der Waals surface area contributed by atoms with Crippen molar-refractivity contribution in [3.05, 3.63) is 0 Å². The highest BCUT2D eigenvalue weighted by atomic mass is 16.5. The second-order valence-electron chi connectivity index (χ2n) is 5.31. The molecular weight excluding hydrogens is 244 g/mol. The van der Waals surface area contributed by atoms with Crippen LogP contribution in [-0.2, 0) is 14.2 Å². The second kappa shape index (κ2) is 8.49. The van der Waals surface area contributed by atoms with Crippen LogP contribution in [0.4, 0.5) is 0 Å². The number of hydrogen-bond donors (Lipinski definition) is 1. The molecule has 0 aromatic carbocycles. The van der Waals surface area contributed by atoms with Gasteiger partial charge in [0, 0.05) is 13.2 Å². The fraction of sp³-hybridized carbons (Fsp3) is 0.929. The minimum absolute atomic E-state index is 0.279. The molecular formula is C14H26N2O3. The van der Waals surface area contributed by atoms with E-state index in [4.69, 9.17) is 14.2 Å². The molecule has 1 N–H and O–H groups in total. The molecule has 110 valence electrons. The zero-order chi connectivity index (χ0) is 14.1. The van der Waals surface area contributed by atoms with E-state index in [0.717, 1.165) is 12.8 Å². The summed E-state index contributed by atoms with van der Waals surface area (Å²) in [6, 6.07) is 2.70. The van der Waals surface area contributed by atoms with Crippen molar-refractivity contribution in [1.29, 1.82) is 5.26 Å². The topological polar surface area (TPSA) is 63.5 Å². The van der Waals surface area contributed by atoms with Crippen molar-refractivity contribution in [2.45, 2.75) is 38.3 Å². The molecule has 1 rings (SSSR count). The lowest BCUT2D eigenvalue weighted by Gasteiger charge is -2.30. The predicted molar refractivity (Wildman–Crippen MR) is 72.9 cm³/mol. The van der Waals surface area contributed by atoms with E-state index in [1.165, 1.54) is 0 Å². The van der Waals surface area contributed by atoms with Gasteiger partial charge in [0.25, 0.3) is 0 Å². The van der Waals surface area contributed by atoms with Gasteiger partial charge in [0.1, 0.15) is 5.54 Å². The Balaban J connectivity index is 2.24. The molecule has 0 aliphatic heterocycles. The molecule has 0 radical (unpaired) electrons. The summed E-state index contributed by atoms with van der Waals surface area (Å²) in [4.78, 5) is 0. The van der Waals surface area contributed by atoms with Crippen molar-refractivity contribution in [2.75, 3.05) is 40.1 Å². The number of methoxy groups -OCH3 is 1. The van der Waals surface area contributed by atoms with Crippen LogP contribution >= 0.6 is 0 Å². The van der Waals surface area contributed by atoms with E-state index >= 15 is 0 Å². The Labute approximate surface area is 116 Å². The van der Waals surface area contributed by atoms with Crippen molar-refractivity contribution < 1.29 is 14.2 Å². The third kappa shape index (κ3) is 5.87. The van der Waals surface area contributed by atoms with Gasteiger partial charge in [0.05, 0.1) is 39.1 Å². The van der Waals surface area contributed by atoms with E-state index in [-0.39, 0.29) is 6.04 Å². The van der Waals surface area contributed by atoms with Crippen LogP contribution in [0.25, 0.3) is 0 Å². The van der Waals surface area contributed by atoms with Crippen LogP contribution in [0.15, 0.2) is 0 Å². The molecule has 0 bridgehead atoms. The van der Waals surface area contributed by atoms with E-state index in [0.29, 0.717) is 39.0 Å². The van der Waals surface area contributed by atoms with Crippen LogP contribution in [0.1, 0.15) is 26.7 Å². The lowest BCUT2D eigenvalue weighted by atomic mass is 9.95. The number of ether oxygens (including phenoxy) is 3. The Hall–Kier alpha value is -0.670. The maximum absolute atomic E-state index is 9.47. The molecule has 1 fully saturated rings. The average Bonchev–Trinajstić information content (AvgIpc) is 3.20. The SMILES string of the molecule is COCCOCCOCC(C#N)(NC(C)C)C1CC1. The summed E-state index contributed by atoms with van der Waals surface area (Å²) < 4.78 is 15.8. The fourth-order valence-corrected chi connectivity index (χ4v) is 2.12. The monoisotopic (exact) mass is 270 g/mol. The molecule has 0 amide bonds. The molecule has 0 saturated heterocycles. The molecule has 5 nitrogen and oxygen atoms in total. The largest absolute Gasteiger partial charge is 0.382 e. The van der Waals surface area contributed by atoms with Crippen LogP contribution in [0, 0.1) is 17.2 Å². The number of hydrogen-bond acceptors (Lipinski definition) is 5. The first-order chi connectivity index (χ1) is 9.14. The van der Waals surface area contributed by atoms with Gasteiger partial charge in [0.2, 0.25) is 0 Å². The molecule has 5 heteroatoms. The van der Waals surface area contributed by atoms with Gasteiger partial charge in [0.15, 0.2) is 0 Å². The van der Waals surface area contributed by atoms with Crippen LogP contribution in [-0.4, -0.2) is 51.7 Å². The first kappa shape index (κ1) is 16.4. The number of nitriles is 1. The number of nitrogens with zero attached hydrogens (tertiary/aromatic N) is 1. The molecule has 1 aliphatic rings. The van der Waals surface area contributed by atoms with Gasteiger partial charge in [-0.05, 0) is 32.6 Å². The quantitative estimate of drug-likeness (QED) is 0.574. The molecule has 1 saturated carbocycles. The standard InChI is InChI=1S/C14H26N2O3/c1-12(2)16-14(10-15,13-4-5-13)11-19-9-8-18-7-6-17-3/h12-13,16H,4-9,11H2,1-3H3. The predicted octanol–water partition coefficient (Wildman–Crippen LogP) is 1.34. The molecule has 1 atom stereocenters. The van der Waals surface area contributed by atoms with E-state index in [2.05, 4.69) is 25.2 Å². The molecule has 0 heterocycles. The minimum Gasteiger partial charge on any atom is -0.382 e. The van der Waals surface area contributed by atoms with Crippen LogP contribution < -0.4 is 5.32 Å². The van der Waals surface area contributed by atoms with Gasteiger partial charge in [-0.2, -0.15) is 5.26 Å². The maximum Gasteiger partial charge on any atom is 0.133 e. The lowest BCUT2D eigenvalue weighted by Crippen LogP contribution is -2.53. The first-order valence-corrected chi connectivity index (χ1v) is 6.98. The van der Waals surface area contributed by atoms with Crippen molar-refractivity contribution >= 4 is 0 Å². The van der Waals surface area contributed by atoms with Gasteiger partial charge in [-0.25, -0.2) is 0 Å². The summed E-state index contributed by atoms with van der Waals surface area (Å²) in [5.74, 6) is 0.425. The molecule has 19 heavy (non-hydrogen) atoms. The van der Waals surface area contributed by atoms with Crippen LogP contribution in [0.2, 0.25) is 0 Å². The highest BCUT2D eigenvalue weighted by molar-refractivity contribution is 5.15. The Morgan fingerprint density at radius 3 is 2.37 bits per heavy atom. The second-order valence-corrected chi connectivity index (χ2v) is 5.31. The highest BCUT2D eigenvalue weighted by Gasteiger charge is 2.46. The Bertz CT molecular complexity index is 287. The zero-order valence-corrected chi connectivity index (χ0v) is 12.3. The van der Waals surface area contributed by atoms with E-state index in [1.54, 1.807) is 7.11 Å². The average molecular weight is 270 g/mol. The highest BCUT2D eigenvalue weighted by Crippen LogP contribution is 2.39. The molecule has 1 unspecified atom stereocenters. The minimum atomic E-state index is -0.527. The summed E-state index contributed by atoms with van der Waals surface area (Å²) >= 11 is 0. The van der Waals surface area contributed by atoms with E-state index in [9.17, 15) is 5.26 Å². The third-order valence-electron chi connectivity index (χ3n) is 3.15. The van der Waals surface area contributed by atoms with E-state index in [1.807, 2.05) is 0 Å². The Morgan fingerprint density at radius 1 is 1.21 bits per heavy atom. The zero-order valence-electron chi connectivity index (χ0n) is 12.3. The Morgan fingerprint density at radius 2 is 1.84 bits per heavy atom. The summed E-state index contributed by atoms with van der Waals surface area (Å²) in [6.45, 7) is 6.77. The molecule has 0 aromatic rings. The van der Waals surface area contributed by atoms with Gasteiger partial charge < -0.3 is 14.2 Å². The van der Waals surface area contributed by atoms with Crippen molar-refractivity contribution in [3.63, 3.8) is 0 Å². The van der Waals surface area contributed by atoms with Gasteiger partial charge in [-0.1, -0.05) is 0 Å². The van der Waals surface area contributed by atoms with Crippen molar-refractivity contribution in [1.82, 2.24) is 5.32 Å². The number of nitrogens with one attached hydrogen (secondary N) is 1. The lowest BCUT2D eigenvalue weighted by molar-refractivity contribution is 0.00933. The molecule has 1 aliphatic carbocycles. The fourth-order valence-electron chi connectivity index (χ4n) is 2.12. The number of rotatable bonds is 11. The van der Waals surface area contributed by atoms with Crippen LogP contribution in [0.5, 0.6) is 0 Å². The van der Waals surface area contributed by atoms with Gasteiger partial charge in [-0.3, -0.25) is 5.32 Å². The Kier molecular flexibility index (Phi) is 7.32. The summed E-state index contributed by atoms with van der Waals surface area (Å²) in [6.07, 6.45) is 2.22. The summed E-state index contributed by atoms with van der Waals surface area (Å²) in [5.41, 5.74) is -0.527. The molecule has 0 spiro atoms. The van der Waals surface area contributed by atoms with Gasteiger partial charge >= 0.3 is 0 Å². The van der Waals surface area contributed by atoms with Crippen LogP contribution in [0.3, 0.4) is 0 Å². The first-order valence-electron chi connectivity index (χ1n) is 6.98. The van der Waals surface area contributed by atoms with Crippen molar-refractivity contribution in [2.24, 2.45) is 5.92 Å². The van der Waals surface area contributed by atoms with Crippen molar-refractivity contribution in [3.8, 4) is 6.07 Å². The maximum atomic E-state index is 9.47. The summed E-state index contributed by atoms with van der Waals surface area (Å²) in [5, 5.41) is 12.8. The molecule has 0 aromatic heterocycles. The normalized spacial score (nSPS) is 18.3. The third-order valence-corrected chi connectivity index (χ3v) is 3.15. The smallest absolute Gasteiger partial charge is 0.133 e. The van der Waals surface area contributed by atoms with E-state index < -0.39 is 5.54 Å². The van der Waals surface area contributed by atoms with Gasteiger partial charge in [-0.15, -0.1) is 0 Å².